The predicted octanol–water partition coefficient (Wildman–Crippen LogP) is 9.68. The van der Waals surface area contributed by atoms with Crippen molar-refractivity contribution >= 4 is 112 Å². The van der Waals surface area contributed by atoms with E-state index in [1.165, 1.54) is 0 Å². The summed E-state index contributed by atoms with van der Waals surface area (Å²) >= 11 is 25.3. The van der Waals surface area contributed by atoms with Crippen molar-refractivity contribution in [2.45, 2.75) is 29.9 Å². The summed E-state index contributed by atoms with van der Waals surface area (Å²) in [5.41, 5.74) is 2.32. The molecular formula is C23H25Br7O3. The first-order valence-electron chi connectivity index (χ1n) is 10.2. The Morgan fingerprint density at radius 2 is 1.09 bits per heavy atom. The van der Waals surface area contributed by atoms with E-state index in [4.69, 9.17) is 14.2 Å². The minimum atomic E-state index is 0.125. The molecule has 2 unspecified atom stereocenters. The molecule has 0 aliphatic carbocycles. The quantitative estimate of drug-likeness (QED) is 0.188. The molecule has 0 radical (unpaired) electrons. The van der Waals surface area contributed by atoms with Crippen LogP contribution in [0.1, 0.15) is 25.0 Å². The second-order valence-electron chi connectivity index (χ2n) is 7.86. The van der Waals surface area contributed by atoms with Crippen LogP contribution in [0.5, 0.6) is 11.5 Å². The number of ether oxygens (including phenoxy) is 3. The fraction of sp³-hybridized carbons (Fsp3) is 0.478. The summed E-state index contributed by atoms with van der Waals surface area (Å²) in [5.74, 6) is 2.11. The van der Waals surface area contributed by atoms with Gasteiger partial charge in [0, 0.05) is 11.9 Å². The van der Waals surface area contributed by atoms with Gasteiger partial charge in [-0.1, -0.05) is 61.6 Å². The van der Waals surface area contributed by atoms with Crippen molar-refractivity contribution in [2.75, 3.05) is 31.8 Å². The molecule has 0 N–H and O–H groups in total. The molecule has 0 aromatic heterocycles. The van der Waals surface area contributed by atoms with Crippen LogP contribution < -0.4 is 9.47 Å². The minimum absolute atomic E-state index is 0.125. The third-order valence-electron chi connectivity index (χ3n) is 4.26. The van der Waals surface area contributed by atoms with Gasteiger partial charge in [0.1, 0.15) is 24.7 Å². The van der Waals surface area contributed by atoms with Gasteiger partial charge in [-0.2, -0.15) is 0 Å². The molecule has 2 atom stereocenters. The fourth-order valence-corrected chi connectivity index (χ4v) is 6.47. The molecule has 0 spiro atoms. The third-order valence-corrected chi connectivity index (χ3v) is 9.38. The zero-order chi connectivity index (χ0) is 24.5. The van der Waals surface area contributed by atoms with E-state index >= 15 is 0 Å². The standard InChI is InChI=1S/C23H25Br7O3/c1-13(2)9-31-10-17(26)12-33-23-20(29)6-15(7-21(23)30)3-14-4-18(27)22(19(28)5-14)32-11-16(25)8-24/h4-7,13,16-17H,3,8-12H2,1-2H3. The Balaban J connectivity index is 2.03. The molecule has 0 aliphatic heterocycles. The van der Waals surface area contributed by atoms with E-state index in [1.54, 1.807) is 0 Å². The average molecular weight is 909 g/mol. The van der Waals surface area contributed by atoms with Gasteiger partial charge in [0.15, 0.2) is 0 Å². The lowest BCUT2D eigenvalue weighted by atomic mass is 10.0. The second kappa shape index (κ2) is 15.6. The van der Waals surface area contributed by atoms with Gasteiger partial charge in [-0.05, 0) is 111 Å². The summed E-state index contributed by atoms with van der Waals surface area (Å²) in [6.07, 6.45) is 0.765. The Labute approximate surface area is 255 Å². The lowest BCUT2D eigenvalue weighted by Gasteiger charge is -2.17. The SMILES string of the molecule is CC(C)COCC(Br)COc1c(Br)cc(Cc2cc(Br)c(OCC(Br)CBr)c(Br)c2)cc1Br. The van der Waals surface area contributed by atoms with Gasteiger partial charge in [0.2, 0.25) is 0 Å². The fourth-order valence-electron chi connectivity index (χ4n) is 2.81. The topological polar surface area (TPSA) is 27.7 Å². The molecule has 0 saturated heterocycles. The van der Waals surface area contributed by atoms with Gasteiger partial charge in [-0.15, -0.1) is 0 Å². The van der Waals surface area contributed by atoms with Crippen LogP contribution in [0, 0.1) is 5.92 Å². The number of rotatable bonds is 13. The number of alkyl halides is 3. The molecule has 2 aromatic rings. The van der Waals surface area contributed by atoms with E-state index in [0.717, 1.165) is 58.9 Å². The van der Waals surface area contributed by atoms with E-state index < -0.39 is 0 Å². The van der Waals surface area contributed by atoms with Crippen molar-refractivity contribution in [3.63, 3.8) is 0 Å². The summed E-state index contributed by atoms with van der Waals surface area (Å²) in [6.45, 7) is 6.72. The first-order valence-corrected chi connectivity index (χ1v) is 16.4. The normalized spacial score (nSPS) is 13.3. The third kappa shape index (κ3) is 10.7. The Kier molecular flexibility index (Phi) is 14.4. The molecule has 184 valence electrons. The van der Waals surface area contributed by atoms with E-state index in [1.807, 2.05) is 0 Å². The highest BCUT2D eigenvalue weighted by Crippen LogP contribution is 2.38. The molecule has 0 fully saturated rings. The molecule has 0 aliphatic rings. The van der Waals surface area contributed by atoms with Crippen LogP contribution in [0.3, 0.4) is 0 Å². The highest BCUT2D eigenvalue weighted by Gasteiger charge is 2.15. The Bertz CT molecular complexity index is 862. The predicted molar refractivity (Wildman–Crippen MR) is 162 cm³/mol. The summed E-state index contributed by atoms with van der Waals surface area (Å²) in [7, 11) is 0. The molecule has 0 saturated carbocycles. The van der Waals surface area contributed by atoms with Crippen molar-refractivity contribution in [1.29, 1.82) is 0 Å². The van der Waals surface area contributed by atoms with Gasteiger partial charge in [-0.25, -0.2) is 0 Å². The maximum absolute atomic E-state index is 6.04. The van der Waals surface area contributed by atoms with Crippen LogP contribution in [-0.4, -0.2) is 41.4 Å². The molecule has 33 heavy (non-hydrogen) atoms. The number of halogens is 7. The lowest BCUT2D eigenvalue weighted by molar-refractivity contribution is 0.103. The van der Waals surface area contributed by atoms with Crippen LogP contribution in [-0.2, 0) is 11.2 Å². The van der Waals surface area contributed by atoms with E-state index in [-0.39, 0.29) is 9.65 Å². The van der Waals surface area contributed by atoms with E-state index in [9.17, 15) is 0 Å². The summed E-state index contributed by atoms with van der Waals surface area (Å²) in [5, 5.41) is 0.825. The first-order chi connectivity index (χ1) is 15.6. The Hall–Kier alpha value is 1.36. The molecule has 0 bridgehead atoms. The molecule has 3 nitrogen and oxygen atoms in total. The average Bonchev–Trinajstić information content (AvgIpc) is 2.72. The smallest absolute Gasteiger partial charge is 0.147 e. The zero-order valence-corrected chi connectivity index (χ0v) is 29.3. The van der Waals surface area contributed by atoms with Crippen LogP contribution in [0.15, 0.2) is 42.2 Å². The highest BCUT2D eigenvalue weighted by molar-refractivity contribution is 9.12. The first kappa shape index (κ1) is 30.6. The summed E-state index contributed by atoms with van der Waals surface area (Å²) in [4.78, 5) is 0.373. The monoisotopic (exact) mass is 902 g/mol. The molecule has 10 heteroatoms. The van der Waals surface area contributed by atoms with Gasteiger partial charge >= 0.3 is 0 Å². The van der Waals surface area contributed by atoms with Crippen molar-refractivity contribution in [2.24, 2.45) is 5.92 Å². The van der Waals surface area contributed by atoms with E-state index in [2.05, 4.69) is 150 Å². The number of benzene rings is 2. The van der Waals surface area contributed by atoms with Gasteiger partial charge < -0.3 is 14.2 Å². The number of hydrogen-bond acceptors (Lipinski definition) is 3. The van der Waals surface area contributed by atoms with Crippen molar-refractivity contribution in [3.05, 3.63) is 53.3 Å². The number of hydrogen-bond donors (Lipinski definition) is 0. The Morgan fingerprint density at radius 3 is 1.48 bits per heavy atom. The highest BCUT2D eigenvalue weighted by atomic mass is 79.9. The molecular weight excluding hydrogens is 884 g/mol. The second-order valence-corrected chi connectivity index (χ2v) is 14.5. The molecule has 0 heterocycles. The van der Waals surface area contributed by atoms with Gasteiger partial charge in [0.25, 0.3) is 0 Å². The lowest BCUT2D eigenvalue weighted by Crippen LogP contribution is -2.19. The molecule has 2 aromatic carbocycles. The zero-order valence-electron chi connectivity index (χ0n) is 18.2. The molecule has 0 amide bonds. The van der Waals surface area contributed by atoms with Crippen LogP contribution in [0.25, 0.3) is 0 Å². The van der Waals surface area contributed by atoms with Crippen LogP contribution in [0.2, 0.25) is 0 Å². The minimum Gasteiger partial charge on any atom is -0.490 e. The summed E-state index contributed by atoms with van der Waals surface area (Å²) in [6, 6.07) is 8.37. The maximum Gasteiger partial charge on any atom is 0.147 e. The summed E-state index contributed by atoms with van der Waals surface area (Å²) < 4.78 is 21.3. The van der Waals surface area contributed by atoms with Crippen LogP contribution in [0.4, 0.5) is 0 Å². The van der Waals surface area contributed by atoms with Crippen molar-refractivity contribution < 1.29 is 14.2 Å². The molecule has 2 rings (SSSR count). The van der Waals surface area contributed by atoms with Crippen molar-refractivity contribution in [3.8, 4) is 11.5 Å². The van der Waals surface area contributed by atoms with Crippen molar-refractivity contribution in [1.82, 2.24) is 0 Å². The largest absolute Gasteiger partial charge is 0.490 e. The van der Waals surface area contributed by atoms with E-state index in [0.29, 0.717) is 25.7 Å². The van der Waals surface area contributed by atoms with Gasteiger partial charge in [0.05, 0.1) is 34.2 Å². The van der Waals surface area contributed by atoms with Crippen LogP contribution >= 0.6 is 112 Å². The Morgan fingerprint density at radius 1 is 0.667 bits per heavy atom. The maximum atomic E-state index is 6.04. The van der Waals surface area contributed by atoms with Gasteiger partial charge in [-0.3, -0.25) is 0 Å².